The van der Waals surface area contributed by atoms with Crippen molar-refractivity contribution in [2.45, 2.75) is 24.9 Å². The van der Waals surface area contributed by atoms with Crippen LogP contribution in [0.15, 0.2) is 48.5 Å². The van der Waals surface area contributed by atoms with Crippen molar-refractivity contribution >= 4 is 11.8 Å². The molecule has 6 heteroatoms. The fraction of sp³-hybridized carbons (Fsp3) is 0.381. The summed E-state index contributed by atoms with van der Waals surface area (Å²) in [6.07, 6.45) is 1.44. The SMILES string of the molecule is C[I-]N1CC2(CCN(C(=O)OCc3ccccc3)CC2)c2cc(F)ccc21. The molecule has 1 spiro atoms. The summed E-state index contributed by atoms with van der Waals surface area (Å²) in [4.78, 5) is 16.5. The molecule has 2 aliphatic rings. The van der Waals surface area contributed by atoms with E-state index in [1.807, 2.05) is 36.4 Å². The molecule has 0 bridgehead atoms. The number of fused-ring (bicyclic) bond motifs is 2. The van der Waals surface area contributed by atoms with E-state index >= 15 is 0 Å². The molecule has 0 unspecified atom stereocenters. The Labute approximate surface area is 169 Å². The zero-order valence-corrected chi connectivity index (χ0v) is 17.5. The van der Waals surface area contributed by atoms with Gasteiger partial charge in [0.15, 0.2) is 0 Å². The first-order chi connectivity index (χ1) is 13.1. The van der Waals surface area contributed by atoms with Crippen LogP contribution in [0.3, 0.4) is 0 Å². The van der Waals surface area contributed by atoms with Crippen LogP contribution < -0.4 is 24.6 Å². The molecule has 1 saturated heterocycles. The molecule has 0 aliphatic carbocycles. The molecule has 0 aromatic heterocycles. The first kappa shape index (κ1) is 18.5. The third kappa shape index (κ3) is 3.63. The van der Waals surface area contributed by atoms with Gasteiger partial charge in [-0.05, 0) is 0 Å². The number of rotatable bonds is 3. The van der Waals surface area contributed by atoms with Crippen molar-refractivity contribution in [1.82, 2.24) is 4.90 Å². The van der Waals surface area contributed by atoms with Crippen LogP contribution in [0.4, 0.5) is 14.9 Å². The van der Waals surface area contributed by atoms with Gasteiger partial charge in [-0.1, -0.05) is 6.07 Å². The number of carbonyl (C=O) groups excluding carboxylic acids is 1. The van der Waals surface area contributed by atoms with Gasteiger partial charge in [-0.25, -0.2) is 0 Å². The van der Waals surface area contributed by atoms with Crippen molar-refractivity contribution in [3.8, 4) is 0 Å². The molecule has 1 fully saturated rings. The quantitative estimate of drug-likeness (QED) is 0.372. The number of piperidine rings is 1. The summed E-state index contributed by atoms with van der Waals surface area (Å²) in [7, 11) is 0. The first-order valence-corrected chi connectivity index (χ1v) is 12.3. The van der Waals surface area contributed by atoms with Gasteiger partial charge in [0.1, 0.15) is 0 Å². The van der Waals surface area contributed by atoms with Gasteiger partial charge in [0.2, 0.25) is 0 Å². The normalized spacial score (nSPS) is 18.0. The molecule has 0 N–H and O–H groups in total. The second-order valence-electron chi connectivity index (χ2n) is 7.16. The Morgan fingerprint density at radius 3 is 2.63 bits per heavy atom. The minimum absolute atomic E-state index is 0.0383. The number of likely N-dealkylation sites (tertiary alicyclic amines) is 1. The molecule has 27 heavy (non-hydrogen) atoms. The maximum atomic E-state index is 13.9. The minimum atomic E-state index is -0.258. The summed E-state index contributed by atoms with van der Waals surface area (Å²) in [6.45, 7) is 2.55. The number of hydrogen-bond donors (Lipinski definition) is 0. The Hall–Kier alpha value is -1.83. The van der Waals surface area contributed by atoms with Crippen molar-refractivity contribution in [3.63, 3.8) is 0 Å². The second kappa shape index (κ2) is 7.66. The average Bonchev–Trinajstić information content (AvgIpc) is 3.00. The van der Waals surface area contributed by atoms with E-state index in [-0.39, 0.29) is 38.8 Å². The second-order valence-corrected chi connectivity index (χ2v) is 9.29. The van der Waals surface area contributed by atoms with Gasteiger partial charge in [-0.3, -0.25) is 0 Å². The molecule has 2 heterocycles. The molecule has 4 nitrogen and oxygen atoms in total. The number of anilines is 1. The number of alkyl halides is 1. The van der Waals surface area contributed by atoms with E-state index in [0.717, 1.165) is 30.5 Å². The Morgan fingerprint density at radius 2 is 1.93 bits per heavy atom. The molecule has 0 atom stereocenters. The Balaban J connectivity index is 1.42. The number of hydrogen-bond acceptors (Lipinski definition) is 3. The summed E-state index contributed by atoms with van der Waals surface area (Å²) in [5.74, 6) is -0.172. The van der Waals surface area contributed by atoms with Crippen LogP contribution in [0.25, 0.3) is 0 Å². The van der Waals surface area contributed by atoms with Crippen molar-refractivity contribution in [2.24, 2.45) is 0 Å². The summed E-state index contributed by atoms with van der Waals surface area (Å²) in [5.41, 5.74) is 3.26. The van der Waals surface area contributed by atoms with E-state index in [0.29, 0.717) is 19.7 Å². The van der Waals surface area contributed by atoms with Gasteiger partial charge in [-0.2, -0.15) is 0 Å². The maximum absolute atomic E-state index is 13.9. The zero-order chi connectivity index (χ0) is 18.9. The molecular formula is C21H23FIN2O2-. The third-order valence-electron chi connectivity index (χ3n) is 5.62. The number of nitrogens with zero attached hydrogens (tertiary/aromatic N) is 2. The van der Waals surface area contributed by atoms with Gasteiger partial charge in [0, 0.05) is 0 Å². The predicted molar refractivity (Wildman–Crippen MR) is 98.8 cm³/mol. The fourth-order valence-corrected chi connectivity index (χ4v) is 6.02. The molecule has 0 saturated carbocycles. The Kier molecular flexibility index (Phi) is 5.25. The summed E-state index contributed by atoms with van der Waals surface area (Å²) >= 11 is -0.0987. The van der Waals surface area contributed by atoms with Crippen molar-refractivity contribution in [2.75, 3.05) is 27.7 Å². The van der Waals surface area contributed by atoms with Crippen molar-refractivity contribution in [1.29, 1.82) is 0 Å². The van der Waals surface area contributed by atoms with Crippen LogP contribution in [0.2, 0.25) is 0 Å². The van der Waals surface area contributed by atoms with E-state index in [9.17, 15) is 9.18 Å². The molecule has 1 amide bonds. The molecule has 4 rings (SSSR count). The number of benzene rings is 2. The van der Waals surface area contributed by atoms with E-state index in [2.05, 4.69) is 8.04 Å². The van der Waals surface area contributed by atoms with Gasteiger partial charge in [0.05, 0.1) is 0 Å². The van der Waals surface area contributed by atoms with E-state index in [1.165, 1.54) is 5.69 Å². The fourth-order valence-electron chi connectivity index (χ4n) is 4.09. The number of amides is 1. The van der Waals surface area contributed by atoms with Crippen LogP contribution in [0, 0.1) is 5.82 Å². The Bertz CT molecular complexity index is 822. The van der Waals surface area contributed by atoms with Gasteiger partial charge < -0.3 is 0 Å². The number of ether oxygens (including phenoxy) is 1. The topological polar surface area (TPSA) is 32.8 Å². The average molecular weight is 481 g/mol. The van der Waals surface area contributed by atoms with Gasteiger partial charge in [0.25, 0.3) is 0 Å². The molecule has 2 aromatic carbocycles. The van der Waals surface area contributed by atoms with Gasteiger partial charge in [-0.15, -0.1) is 0 Å². The summed E-state index contributed by atoms with van der Waals surface area (Å²) in [6, 6.07) is 14.9. The predicted octanol–water partition coefficient (Wildman–Crippen LogP) is 0.950. The number of carbonyl (C=O) groups is 1. The van der Waals surface area contributed by atoms with Crippen molar-refractivity contribution in [3.05, 3.63) is 65.5 Å². The first-order valence-electron chi connectivity index (χ1n) is 9.14. The monoisotopic (exact) mass is 481 g/mol. The van der Waals surface area contributed by atoms with Crippen LogP contribution in [-0.4, -0.2) is 35.6 Å². The van der Waals surface area contributed by atoms with Crippen LogP contribution >= 0.6 is 0 Å². The van der Waals surface area contributed by atoms with Crippen molar-refractivity contribution < 1.29 is 35.4 Å². The summed E-state index contributed by atoms with van der Waals surface area (Å²) in [5, 5.41) is 0. The molecule has 0 radical (unpaired) electrons. The van der Waals surface area contributed by atoms with Crippen LogP contribution in [0.5, 0.6) is 0 Å². The molecular weight excluding hydrogens is 458 g/mol. The van der Waals surface area contributed by atoms with E-state index in [1.54, 1.807) is 17.0 Å². The van der Waals surface area contributed by atoms with Gasteiger partial charge >= 0.3 is 164 Å². The zero-order valence-electron chi connectivity index (χ0n) is 15.3. The standard InChI is InChI=1S/C21H23FIN2O2/c1-23-25-15-21(18-13-17(22)7-8-19(18)25)9-11-24(12-10-21)20(26)27-14-16-5-3-2-4-6-16/h2-8,13H,9-12,14-15H2,1H3/q-1. The molecule has 2 aromatic rings. The summed E-state index contributed by atoms with van der Waals surface area (Å²) < 4.78 is 21.8. The third-order valence-corrected chi connectivity index (χ3v) is 7.65. The number of halogens is 2. The van der Waals surface area contributed by atoms with E-state index < -0.39 is 0 Å². The van der Waals surface area contributed by atoms with Crippen LogP contribution in [-0.2, 0) is 16.8 Å². The van der Waals surface area contributed by atoms with Crippen LogP contribution in [0.1, 0.15) is 24.0 Å². The molecule has 2 aliphatic heterocycles. The van der Waals surface area contributed by atoms with E-state index in [4.69, 9.17) is 4.74 Å². The Morgan fingerprint density at radius 1 is 1.19 bits per heavy atom. The molecule has 144 valence electrons.